The van der Waals surface area contributed by atoms with Gasteiger partial charge in [0.2, 0.25) is 5.91 Å². The van der Waals surface area contributed by atoms with E-state index in [1.807, 2.05) is 29.2 Å². The Balaban J connectivity index is 1.55. The first-order valence-electron chi connectivity index (χ1n) is 11.7. The molecule has 0 saturated carbocycles. The highest BCUT2D eigenvalue weighted by atomic mass is 35.5. The number of carbonyl (C=O) groups excluding carboxylic acids is 2. The van der Waals surface area contributed by atoms with Gasteiger partial charge in [0.1, 0.15) is 5.75 Å². The third-order valence-electron chi connectivity index (χ3n) is 5.64. The summed E-state index contributed by atoms with van der Waals surface area (Å²) in [7, 11) is 0. The van der Waals surface area contributed by atoms with Crippen LogP contribution in [-0.2, 0) is 4.79 Å². The maximum atomic E-state index is 12.6. The highest BCUT2D eigenvalue weighted by Gasteiger charge is 2.23. The van der Waals surface area contributed by atoms with Crippen LogP contribution in [0.1, 0.15) is 50.4 Å². The Morgan fingerprint density at radius 2 is 1.76 bits per heavy atom. The van der Waals surface area contributed by atoms with E-state index in [0.717, 1.165) is 37.4 Å². The topological polar surface area (TPSA) is 61.9 Å². The van der Waals surface area contributed by atoms with E-state index < -0.39 is 0 Å². The highest BCUT2D eigenvalue weighted by Crippen LogP contribution is 2.30. The van der Waals surface area contributed by atoms with Crippen LogP contribution in [0.25, 0.3) is 0 Å². The van der Waals surface area contributed by atoms with Crippen LogP contribution in [-0.4, -0.2) is 49.5 Å². The van der Waals surface area contributed by atoms with Gasteiger partial charge in [-0.3, -0.25) is 9.59 Å². The predicted molar refractivity (Wildman–Crippen MR) is 134 cm³/mol. The molecule has 3 rings (SSSR count). The Morgan fingerprint density at radius 3 is 2.36 bits per heavy atom. The molecular formula is C26H34ClN3O3. The Morgan fingerprint density at radius 1 is 1.06 bits per heavy atom. The lowest BCUT2D eigenvalue weighted by Crippen LogP contribution is -2.49. The lowest BCUT2D eigenvalue weighted by Gasteiger charge is -2.36. The van der Waals surface area contributed by atoms with Crippen LogP contribution in [0, 0.1) is 5.92 Å². The first-order valence-corrected chi connectivity index (χ1v) is 12.1. The van der Waals surface area contributed by atoms with Crippen molar-refractivity contribution in [2.75, 3.05) is 43.0 Å². The van der Waals surface area contributed by atoms with E-state index in [9.17, 15) is 9.59 Å². The van der Waals surface area contributed by atoms with E-state index in [4.69, 9.17) is 16.3 Å². The lowest BCUT2D eigenvalue weighted by atomic mass is 10.1. The van der Waals surface area contributed by atoms with Crippen molar-refractivity contribution in [3.05, 3.63) is 53.1 Å². The number of anilines is 2. The van der Waals surface area contributed by atoms with E-state index in [1.165, 1.54) is 0 Å². The van der Waals surface area contributed by atoms with Crippen LogP contribution in [0.3, 0.4) is 0 Å². The summed E-state index contributed by atoms with van der Waals surface area (Å²) in [6.45, 7) is 9.78. The zero-order chi connectivity index (χ0) is 23.8. The Hall–Kier alpha value is -2.73. The number of nitrogens with zero attached hydrogens (tertiary/aromatic N) is 2. The van der Waals surface area contributed by atoms with Gasteiger partial charge in [-0.15, -0.1) is 0 Å². The molecule has 0 spiro atoms. The van der Waals surface area contributed by atoms with Gasteiger partial charge in [-0.1, -0.05) is 38.8 Å². The van der Waals surface area contributed by atoms with Gasteiger partial charge >= 0.3 is 0 Å². The fraction of sp³-hybridized carbons (Fsp3) is 0.462. The standard InChI is InChI=1S/C26H34ClN3O3/c1-4-5-16-33-22-9-6-20(7-10-22)26(32)28-21-8-11-24(23(27)18-21)29-12-14-30(15-13-29)25(31)17-19(2)3/h6-11,18-19H,4-5,12-17H2,1-3H3,(H,28,32). The van der Waals surface area contributed by atoms with Gasteiger partial charge in [0.05, 0.1) is 17.3 Å². The Kier molecular flexibility index (Phi) is 9.01. The van der Waals surface area contributed by atoms with Gasteiger partial charge in [-0.25, -0.2) is 0 Å². The van der Waals surface area contributed by atoms with Gasteiger partial charge in [0.25, 0.3) is 5.91 Å². The molecule has 0 aliphatic carbocycles. The predicted octanol–water partition coefficient (Wildman–Crippen LogP) is 5.47. The fourth-order valence-corrected chi connectivity index (χ4v) is 4.06. The molecule has 33 heavy (non-hydrogen) atoms. The number of nitrogens with one attached hydrogen (secondary N) is 1. The normalized spacial score (nSPS) is 13.8. The van der Waals surface area contributed by atoms with Gasteiger partial charge in [0, 0.05) is 43.9 Å². The molecule has 0 radical (unpaired) electrons. The van der Waals surface area contributed by atoms with Crippen molar-refractivity contribution < 1.29 is 14.3 Å². The first kappa shape index (κ1) is 24.9. The van der Waals surface area contributed by atoms with Crippen LogP contribution in [0.4, 0.5) is 11.4 Å². The number of halogens is 1. The number of hydrogen-bond donors (Lipinski definition) is 1. The smallest absolute Gasteiger partial charge is 0.255 e. The molecule has 6 nitrogen and oxygen atoms in total. The number of benzene rings is 2. The molecule has 2 aromatic carbocycles. The van der Waals surface area contributed by atoms with E-state index in [-0.39, 0.29) is 11.8 Å². The maximum Gasteiger partial charge on any atom is 0.255 e. The van der Waals surface area contributed by atoms with E-state index in [0.29, 0.717) is 48.3 Å². The highest BCUT2D eigenvalue weighted by molar-refractivity contribution is 6.33. The molecule has 1 heterocycles. The summed E-state index contributed by atoms with van der Waals surface area (Å²) in [6, 6.07) is 12.7. The van der Waals surface area contributed by atoms with Gasteiger partial charge in [-0.05, 0) is 54.8 Å². The van der Waals surface area contributed by atoms with Crippen molar-refractivity contribution >= 4 is 34.8 Å². The van der Waals surface area contributed by atoms with E-state index in [1.54, 1.807) is 18.2 Å². The summed E-state index contributed by atoms with van der Waals surface area (Å²) >= 11 is 6.55. The van der Waals surface area contributed by atoms with Crippen LogP contribution < -0.4 is 15.0 Å². The first-order chi connectivity index (χ1) is 15.9. The second kappa shape index (κ2) is 11.9. The molecule has 0 bridgehead atoms. The molecule has 0 unspecified atom stereocenters. The van der Waals surface area contributed by atoms with E-state index >= 15 is 0 Å². The zero-order valence-electron chi connectivity index (χ0n) is 19.8. The van der Waals surface area contributed by atoms with E-state index in [2.05, 4.69) is 31.0 Å². The second-order valence-electron chi connectivity index (χ2n) is 8.81. The molecule has 1 aliphatic rings. The molecule has 1 saturated heterocycles. The number of ether oxygens (including phenoxy) is 1. The van der Waals surface area contributed by atoms with Crippen molar-refractivity contribution in [1.82, 2.24) is 4.90 Å². The van der Waals surface area contributed by atoms with Crippen LogP contribution in [0.2, 0.25) is 5.02 Å². The van der Waals surface area contributed by atoms with Crippen molar-refractivity contribution in [2.45, 2.75) is 40.0 Å². The van der Waals surface area contributed by atoms with Crippen molar-refractivity contribution in [3.63, 3.8) is 0 Å². The molecule has 2 aromatic rings. The van der Waals surface area contributed by atoms with Crippen LogP contribution in [0.5, 0.6) is 5.75 Å². The minimum Gasteiger partial charge on any atom is -0.494 e. The third-order valence-corrected chi connectivity index (χ3v) is 5.95. The molecule has 1 aliphatic heterocycles. The van der Waals surface area contributed by atoms with Gasteiger partial charge < -0.3 is 19.9 Å². The molecule has 0 atom stereocenters. The minimum absolute atomic E-state index is 0.198. The molecular weight excluding hydrogens is 438 g/mol. The monoisotopic (exact) mass is 471 g/mol. The van der Waals surface area contributed by atoms with Crippen LogP contribution in [0.15, 0.2) is 42.5 Å². The molecule has 1 fully saturated rings. The second-order valence-corrected chi connectivity index (χ2v) is 9.22. The summed E-state index contributed by atoms with van der Waals surface area (Å²) in [5.41, 5.74) is 2.11. The zero-order valence-corrected chi connectivity index (χ0v) is 20.5. The Bertz CT molecular complexity index is 938. The number of carbonyl (C=O) groups is 2. The number of unbranched alkanes of at least 4 members (excludes halogenated alkanes) is 1. The number of hydrogen-bond acceptors (Lipinski definition) is 4. The quantitative estimate of drug-likeness (QED) is 0.493. The number of rotatable bonds is 9. The molecule has 1 N–H and O–H groups in total. The lowest BCUT2D eigenvalue weighted by molar-refractivity contribution is -0.132. The number of amides is 2. The van der Waals surface area contributed by atoms with Crippen LogP contribution >= 0.6 is 11.6 Å². The fourth-order valence-electron chi connectivity index (χ4n) is 3.76. The summed E-state index contributed by atoms with van der Waals surface area (Å²) < 4.78 is 5.65. The maximum absolute atomic E-state index is 12.6. The van der Waals surface area contributed by atoms with Crippen molar-refractivity contribution in [1.29, 1.82) is 0 Å². The minimum atomic E-state index is -0.198. The SMILES string of the molecule is CCCCOc1ccc(C(=O)Nc2ccc(N3CCN(C(=O)CC(C)C)CC3)c(Cl)c2)cc1. The average Bonchev–Trinajstić information content (AvgIpc) is 2.79. The molecule has 0 aromatic heterocycles. The van der Waals surface area contributed by atoms with Crippen molar-refractivity contribution in [2.24, 2.45) is 5.92 Å². The molecule has 178 valence electrons. The summed E-state index contributed by atoms with van der Waals surface area (Å²) in [5.74, 6) is 1.15. The third kappa shape index (κ3) is 7.13. The number of piperazine rings is 1. The van der Waals surface area contributed by atoms with Gasteiger partial charge in [0.15, 0.2) is 0 Å². The molecule has 7 heteroatoms. The summed E-state index contributed by atoms with van der Waals surface area (Å²) in [4.78, 5) is 29.0. The average molecular weight is 472 g/mol. The summed E-state index contributed by atoms with van der Waals surface area (Å²) in [6.07, 6.45) is 2.67. The van der Waals surface area contributed by atoms with Crippen molar-refractivity contribution in [3.8, 4) is 5.75 Å². The van der Waals surface area contributed by atoms with Gasteiger partial charge in [-0.2, -0.15) is 0 Å². The molecule has 2 amide bonds. The largest absolute Gasteiger partial charge is 0.494 e. The summed E-state index contributed by atoms with van der Waals surface area (Å²) in [5, 5.41) is 3.48. The Labute approximate surface area is 201 Å².